The van der Waals surface area contributed by atoms with Crippen LogP contribution in [0.25, 0.3) is 45.2 Å². The number of nitrogens with zero attached hydrogens (tertiary/aromatic N) is 6. The molecular weight excluding hydrogens is 805 g/mol. The maximum absolute atomic E-state index is 4.72. The summed E-state index contributed by atoms with van der Waals surface area (Å²) in [6, 6.07) is 48.7. The minimum Gasteiger partial charge on any atom is -0.305 e. The third-order valence-electron chi connectivity index (χ3n) is 7.28. The standard InChI is InChI=1S/C22H25N4.2C11H8N.Ir/c1-21(2,3)19-24-18(25-20(26-19)22(4,5)6)16-12-13-17(23-14-16)15-10-8-7-9-11-15;2*1-2-6-10(7-3-1)11-8-4-5-9-12-11;/h7-10,12-14H,1-6H3;2*1-6,8-9H;/q3*-1;+3. The maximum Gasteiger partial charge on any atom is 3.00 e. The van der Waals surface area contributed by atoms with Crippen LogP contribution in [0.15, 0.2) is 140 Å². The van der Waals surface area contributed by atoms with Crippen LogP contribution in [-0.4, -0.2) is 29.9 Å². The Morgan fingerprint density at radius 1 is 0.431 bits per heavy atom. The molecule has 0 saturated heterocycles. The minimum absolute atomic E-state index is 0. The van der Waals surface area contributed by atoms with E-state index in [1.165, 1.54) is 0 Å². The molecule has 6 nitrogen and oxygen atoms in total. The Balaban J connectivity index is 0.000000193. The van der Waals surface area contributed by atoms with Crippen molar-refractivity contribution in [2.45, 2.75) is 52.4 Å². The van der Waals surface area contributed by atoms with Gasteiger partial charge in [-0.25, -0.2) is 15.0 Å². The van der Waals surface area contributed by atoms with Crippen molar-refractivity contribution in [1.29, 1.82) is 0 Å². The van der Waals surface area contributed by atoms with E-state index in [1.807, 2.05) is 128 Å². The fourth-order valence-corrected chi connectivity index (χ4v) is 4.56. The van der Waals surface area contributed by atoms with E-state index in [2.05, 4.69) is 74.7 Å². The molecule has 0 spiro atoms. The van der Waals surface area contributed by atoms with E-state index < -0.39 is 0 Å². The summed E-state index contributed by atoms with van der Waals surface area (Å²) in [7, 11) is 0. The van der Waals surface area contributed by atoms with Gasteiger partial charge < -0.3 is 15.0 Å². The van der Waals surface area contributed by atoms with Crippen LogP contribution in [-0.2, 0) is 30.9 Å². The Morgan fingerprint density at radius 2 is 0.843 bits per heavy atom. The largest absolute Gasteiger partial charge is 3.00 e. The Kier molecular flexibility index (Phi) is 13.7. The molecule has 0 radical (unpaired) electrons. The summed E-state index contributed by atoms with van der Waals surface area (Å²) in [5, 5.41) is 0. The SMILES string of the molecule is CC(C)(C)c1nc(-c2ccc(-c3[c-]cccc3)nc2)nc(C(C)(C)C)n1.[Ir+3].[c-]1ccccc1-c1ccccn1.[c-]1ccccc1-c1ccccn1. The Bertz CT molecular complexity index is 1850. The van der Waals surface area contributed by atoms with Crippen LogP contribution in [0.1, 0.15) is 53.2 Å². The van der Waals surface area contributed by atoms with Gasteiger partial charge in [-0.15, -0.1) is 108 Å². The van der Waals surface area contributed by atoms with E-state index in [4.69, 9.17) is 15.0 Å². The van der Waals surface area contributed by atoms with Gasteiger partial charge >= 0.3 is 20.1 Å². The number of hydrogen-bond acceptors (Lipinski definition) is 6. The first-order chi connectivity index (χ1) is 24.1. The molecule has 4 heterocycles. The van der Waals surface area contributed by atoms with Gasteiger partial charge in [0.1, 0.15) is 11.6 Å². The minimum atomic E-state index is -0.149. The first kappa shape index (κ1) is 38.6. The van der Waals surface area contributed by atoms with Crippen LogP contribution in [0.2, 0.25) is 0 Å². The molecule has 7 aromatic rings. The zero-order valence-corrected chi connectivity index (χ0v) is 32.2. The van der Waals surface area contributed by atoms with Gasteiger partial charge in [0.15, 0.2) is 5.82 Å². The second kappa shape index (κ2) is 18.1. The fraction of sp³-hybridized carbons (Fsp3) is 0.182. The molecule has 51 heavy (non-hydrogen) atoms. The van der Waals surface area contributed by atoms with E-state index in [1.54, 1.807) is 12.4 Å². The summed E-state index contributed by atoms with van der Waals surface area (Å²) in [5.41, 5.74) is 6.47. The van der Waals surface area contributed by atoms with Crippen molar-refractivity contribution in [2.75, 3.05) is 0 Å². The molecule has 256 valence electrons. The van der Waals surface area contributed by atoms with Gasteiger partial charge in [-0.05, 0) is 29.2 Å². The van der Waals surface area contributed by atoms with Crippen molar-refractivity contribution in [2.24, 2.45) is 0 Å². The van der Waals surface area contributed by atoms with Crippen LogP contribution in [0, 0.1) is 18.2 Å². The molecule has 7 rings (SSSR count). The zero-order chi connectivity index (χ0) is 35.4. The van der Waals surface area contributed by atoms with Crippen LogP contribution in [0.5, 0.6) is 0 Å². The van der Waals surface area contributed by atoms with Crippen molar-refractivity contribution in [3.8, 4) is 45.2 Å². The van der Waals surface area contributed by atoms with Gasteiger partial charge in [-0.3, -0.25) is 0 Å². The van der Waals surface area contributed by atoms with Gasteiger partial charge in [0.2, 0.25) is 0 Å². The molecule has 3 aromatic carbocycles. The molecule has 7 heteroatoms. The van der Waals surface area contributed by atoms with Gasteiger partial charge in [0.25, 0.3) is 0 Å². The first-order valence-electron chi connectivity index (χ1n) is 16.5. The Morgan fingerprint density at radius 3 is 1.16 bits per heavy atom. The van der Waals surface area contributed by atoms with Gasteiger partial charge in [0.05, 0.1) is 0 Å². The topological polar surface area (TPSA) is 77.3 Å². The molecule has 0 unspecified atom stereocenters. The molecule has 0 amide bonds. The normalized spacial score (nSPS) is 10.8. The molecule has 0 atom stereocenters. The second-order valence-corrected chi connectivity index (χ2v) is 13.5. The first-order valence-corrected chi connectivity index (χ1v) is 16.5. The van der Waals surface area contributed by atoms with E-state index >= 15 is 0 Å². The number of pyridine rings is 3. The Hall–Kier alpha value is -5.23. The summed E-state index contributed by atoms with van der Waals surface area (Å²) in [4.78, 5) is 27.2. The van der Waals surface area contributed by atoms with E-state index in [0.717, 1.165) is 51.0 Å². The van der Waals surface area contributed by atoms with E-state index in [0.29, 0.717) is 5.82 Å². The van der Waals surface area contributed by atoms with Gasteiger partial charge in [0, 0.05) is 35.0 Å². The smallest absolute Gasteiger partial charge is 0.305 e. The average Bonchev–Trinajstić information content (AvgIpc) is 3.16. The summed E-state index contributed by atoms with van der Waals surface area (Å²) in [6.45, 7) is 12.7. The summed E-state index contributed by atoms with van der Waals surface area (Å²) < 4.78 is 0. The fourth-order valence-electron chi connectivity index (χ4n) is 4.56. The summed E-state index contributed by atoms with van der Waals surface area (Å²) in [5.74, 6) is 2.27. The molecule has 0 bridgehead atoms. The molecule has 0 aliphatic carbocycles. The van der Waals surface area contributed by atoms with Crippen molar-refractivity contribution in [3.63, 3.8) is 0 Å². The molecule has 0 N–H and O–H groups in total. The molecule has 0 saturated carbocycles. The summed E-state index contributed by atoms with van der Waals surface area (Å²) >= 11 is 0. The number of aromatic nitrogens is 6. The number of rotatable bonds is 4. The van der Waals surface area contributed by atoms with Crippen LogP contribution >= 0.6 is 0 Å². The predicted octanol–water partition coefficient (Wildman–Crippen LogP) is 10.1. The van der Waals surface area contributed by atoms with E-state index in [-0.39, 0.29) is 30.9 Å². The van der Waals surface area contributed by atoms with Crippen molar-refractivity contribution in [1.82, 2.24) is 29.9 Å². The van der Waals surface area contributed by atoms with Gasteiger partial charge in [-0.1, -0.05) is 77.9 Å². The van der Waals surface area contributed by atoms with Crippen LogP contribution < -0.4 is 0 Å². The third kappa shape index (κ3) is 11.4. The quantitative estimate of drug-likeness (QED) is 0.164. The molecule has 0 aliphatic rings. The average molecular weight is 846 g/mol. The predicted molar refractivity (Wildman–Crippen MR) is 202 cm³/mol. The number of hydrogen-bond donors (Lipinski definition) is 0. The molecule has 4 aromatic heterocycles. The zero-order valence-electron chi connectivity index (χ0n) is 29.8. The summed E-state index contributed by atoms with van der Waals surface area (Å²) in [6.07, 6.45) is 5.40. The van der Waals surface area contributed by atoms with Crippen molar-refractivity contribution < 1.29 is 20.1 Å². The van der Waals surface area contributed by atoms with Crippen molar-refractivity contribution in [3.05, 3.63) is 170 Å². The van der Waals surface area contributed by atoms with E-state index in [9.17, 15) is 0 Å². The number of benzene rings is 3. The Labute approximate surface area is 316 Å². The third-order valence-corrected chi connectivity index (χ3v) is 7.28. The monoisotopic (exact) mass is 846 g/mol. The second-order valence-electron chi connectivity index (χ2n) is 13.5. The molecule has 0 fully saturated rings. The van der Waals surface area contributed by atoms with Gasteiger partial charge in [-0.2, -0.15) is 0 Å². The van der Waals surface area contributed by atoms with Crippen LogP contribution in [0.4, 0.5) is 0 Å². The van der Waals surface area contributed by atoms with Crippen LogP contribution in [0.3, 0.4) is 0 Å². The maximum atomic E-state index is 4.72. The molecule has 0 aliphatic heterocycles. The van der Waals surface area contributed by atoms with Crippen molar-refractivity contribution >= 4 is 0 Å². The molecular formula is C44H41IrN6.